The molecular formula is C17H28N2O4S. The van der Waals surface area contributed by atoms with Crippen LogP contribution in [0.25, 0.3) is 0 Å². The first-order chi connectivity index (χ1) is 11.2. The third-order valence-electron chi connectivity index (χ3n) is 4.08. The Morgan fingerprint density at radius 3 is 2.38 bits per heavy atom. The highest BCUT2D eigenvalue weighted by Crippen LogP contribution is 2.16. The molecule has 1 rings (SSSR count). The van der Waals surface area contributed by atoms with Gasteiger partial charge in [-0.05, 0) is 36.6 Å². The number of hydrogen-bond donors (Lipinski definition) is 1. The Kier molecular flexibility index (Phi) is 7.69. The second kappa shape index (κ2) is 9.03. The number of benzene rings is 1. The van der Waals surface area contributed by atoms with Gasteiger partial charge in [0, 0.05) is 19.8 Å². The Bertz CT molecular complexity index is 628. The molecule has 7 heteroatoms. The zero-order valence-electron chi connectivity index (χ0n) is 14.9. The second-order valence-corrected chi connectivity index (χ2v) is 8.13. The van der Waals surface area contributed by atoms with E-state index in [1.165, 1.54) is 18.4 Å². The van der Waals surface area contributed by atoms with Crippen LogP contribution in [0.2, 0.25) is 0 Å². The van der Waals surface area contributed by atoms with Crippen LogP contribution in [0.4, 0.5) is 0 Å². The van der Waals surface area contributed by atoms with E-state index in [1.54, 1.807) is 24.1 Å². The molecule has 0 aliphatic heterocycles. The van der Waals surface area contributed by atoms with E-state index in [-0.39, 0.29) is 16.7 Å². The lowest BCUT2D eigenvalue weighted by molar-refractivity contribution is -0.132. The maximum atomic E-state index is 12.1. The molecule has 1 amide bonds. The van der Waals surface area contributed by atoms with Gasteiger partial charge in [0.15, 0.2) is 9.84 Å². The molecule has 0 saturated carbocycles. The number of amides is 1. The molecule has 0 spiro atoms. The van der Waals surface area contributed by atoms with E-state index in [0.29, 0.717) is 25.3 Å². The van der Waals surface area contributed by atoms with Gasteiger partial charge in [-0.15, -0.1) is 0 Å². The second-order valence-electron chi connectivity index (χ2n) is 6.12. The molecule has 0 heterocycles. The summed E-state index contributed by atoms with van der Waals surface area (Å²) in [5, 5.41) is 0. The minimum atomic E-state index is -3.19. The van der Waals surface area contributed by atoms with Crippen molar-refractivity contribution in [3.63, 3.8) is 0 Å². The van der Waals surface area contributed by atoms with Crippen molar-refractivity contribution >= 4 is 15.7 Å². The lowest BCUT2D eigenvalue weighted by Gasteiger charge is -2.24. The molecule has 0 aliphatic carbocycles. The van der Waals surface area contributed by atoms with E-state index in [1.807, 2.05) is 13.8 Å². The highest BCUT2D eigenvalue weighted by atomic mass is 32.2. The number of carbonyl (C=O) groups is 1. The van der Waals surface area contributed by atoms with Gasteiger partial charge in [0.05, 0.1) is 17.5 Å². The molecule has 24 heavy (non-hydrogen) atoms. The average Bonchev–Trinajstić information content (AvgIpc) is 2.56. The molecule has 1 aromatic carbocycles. The smallest absolute Gasteiger partial charge is 0.239 e. The van der Waals surface area contributed by atoms with Crippen molar-refractivity contribution in [2.45, 2.75) is 37.6 Å². The standard InChI is InChI=1S/C17H28N2O4S/c1-5-13(2)16(18)17(20)19(3)11-6-12-23-14-7-9-15(10-8-14)24(4,21)22/h7-10,13,16H,5-6,11-12,18H2,1-4H3. The monoisotopic (exact) mass is 356 g/mol. The van der Waals surface area contributed by atoms with Crippen LogP contribution in [-0.4, -0.2) is 51.7 Å². The van der Waals surface area contributed by atoms with Crippen molar-refractivity contribution in [3.05, 3.63) is 24.3 Å². The van der Waals surface area contributed by atoms with E-state index in [9.17, 15) is 13.2 Å². The van der Waals surface area contributed by atoms with Crippen LogP contribution in [0, 0.1) is 5.92 Å². The number of ether oxygens (including phenoxy) is 1. The van der Waals surface area contributed by atoms with Crippen LogP contribution in [0.5, 0.6) is 5.75 Å². The van der Waals surface area contributed by atoms with Crippen molar-refractivity contribution in [2.24, 2.45) is 11.7 Å². The summed E-state index contributed by atoms with van der Waals surface area (Å²) < 4.78 is 28.3. The summed E-state index contributed by atoms with van der Waals surface area (Å²) in [5.74, 6) is 0.708. The fraction of sp³-hybridized carbons (Fsp3) is 0.588. The lowest BCUT2D eigenvalue weighted by Crippen LogP contribution is -2.45. The summed E-state index contributed by atoms with van der Waals surface area (Å²) in [6.45, 7) is 4.99. The SMILES string of the molecule is CCC(C)C(N)C(=O)N(C)CCCOc1ccc(S(C)(=O)=O)cc1. The molecule has 2 atom stereocenters. The van der Waals surface area contributed by atoms with Gasteiger partial charge in [-0.3, -0.25) is 4.79 Å². The van der Waals surface area contributed by atoms with Gasteiger partial charge in [-0.2, -0.15) is 0 Å². The minimum Gasteiger partial charge on any atom is -0.494 e. The molecule has 6 nitrogen and oxygen atoms in total. The molecule has 0 radical (unpaired) electrons. The predicted molar refractivity (Wildman–Crippen MR) is 94.7 cm³/mol. The molecule has 136 valence electrons. The van der Waals surface area contributed by atoms with Crippen LogP contribution < -0.4 is 10.5 Å². The Balaban J connectivity index is 2.39. The summed E-state index contributed by atoms with van der Waals surface area (Å²) >= 11 is 0. The third kappa shape index (κ3) is 6.13. The summed E-state index contributed by atoms with van der Waals surface area (Å²) in [4.78, 5) is 14.0. The fourth-order valence-electron chi connectivity index (χ4n) is 2.14. The first-order valence-corrected chi connectivity index (χ1v) is 9.99. The van der Waals surface area contributed by atoms with Crippen molar-refractivity contribution in [3.8, 4) is 5.75 Å². The van der Waals surface area contributed by atoms with Crippen molar-refractivity contribution < 1.29 is 17.9 Å². The molecule has 0 saturated heterocycles. The van der Waals surface area contributed by atoms with E-state index in [4.69, 9.17) is 10.5 Å². The van der Waals surface area contributed by atoms with Gasteiger partial charge in [0.25, 0.3) is 0 Å². The van der Waals surface area contributed by atoms with Crippen LogP contribution in [0.15, 0.2) is 29.2 Å². The van der Waals surface area contributed by atoms with E-state index in [0.717, 1.165) is 6.42 Å². The topological polar surface area (TPSA) is 89.7 Å². The summed E-state index contributed by atoms with van der Waals surface area (Å²) in [6, 6.07) is 5.83. The highest BCUT2D eigenvalue weighted by Gasteiger charge is 2.22. The molecule has 0 fully saturated rings. The summed E-state index contributed by atoms with van der Waals surface area (Å²) in [6.07, 6.45) is 2.70. The number of nitrogens with zero attached hydrogens (tertiary/aromatic N) is 1. The van der Waals surface area contributed by atoms with Gasteiger partial charge in [-0.1, -0.05) is 20.3 Å². The summed E-state index contributed by atoms with van der Waals surface area (Å²) in [5.41, 5.74) is 5.95. The number of nitrogens with two attached hydrogens (primary N) is 1. The Morgan fingerprint density at radius 2 is 1.88 bits per heavy atom. The number of hydrogen-bond acceptors (Lipinski definition) is 5. The van der Waals surface area contributed by atoms with Gasteiger partial charge < -0.3 is 15.4 Å². The van der Waals surface area contributed by atoms with E-state index < -0.39 is 15.9 Å². The molecule has 1 aromatic rings. The third-order valence-corrected chi connectivity index (χ3v) is 5.21. The molecule has 2 unspecified atom stereocenters. The first-order valence-electron chi connectivity index (χ1n) is 8.10. The number of likely N-dealkylation sites (N-methyl/N-ethyl adjacent to an activating group) is 1. The van der Waals surface area contributed by atoms with Crippen molar-refractivity contribution in [1.29, 1.82) is 0 Å². The normalized spacial score (nSPS) is 14.0. The Morgan fingerprint density at radius 1 is 1.29 bits per heavy atom. The molecule has 0 aliphatic rings. The number of sulfone groups is 1. The van der Waals surface area contributed by atoms with E-state index in [2.05, 4.69) is 0 Å². The molecule has 0 bridgehead atoms. The van der Waals surface area contributed by atoms with Gasteiger partial charge in [0.1, 0.15) is 5.75 Å². The maximum absolute atomic E-state index is 12.1. The zero-order valence-corrected chi connectivity index (χ0v) is 15.7. The average molecular weight is 356 g/mol. The lowest BCUT2D eigenvalue weighted by atomic mass is 9.99. The molecule has 0 aromatic heterocycles. The van der Waals surface area contributed by atoms with Crippen LogP contribution in [0.3, 0.4) is 0 Å². The predicted octanol–water partition coefficient (Wildman–Crippen LogP) is 1.69. The Labute approximate surface area is 144 Å². The molecular weight excluding hydrogens is 328 g/mol. The van der Waals surface area contributed by atoms with Gasteiger partial charge >= 0.3 is 0 Å². The number of carbonyl (C=O) groups excluding carboxylic acids is 1. The highest BCUT2D eigenvalue weighted by molar-refractivity contribution is 7.90. The minimum absolute atomic E-state index is 0.0538. The molecule has 2 N–H and O–H groups in total. The van der Waals surface area contributed by atoms with Gasteiger partial charge in [0.2, 0.25) is 5.91 Å². The Hall–Kier alpha value is -1.60. The largest absolute Gasteiger partial charge is 0.494 e. The summed E-state index contributed by atoms with van der Waals surface area (Å²) in [7, 11) is -1.45. The van der Waals surface area contributed by atoms with Crippen LogP contribution >= 0.6 is 0 Å². The van der Waals surface area contributed by atoms with Crippen molar-refractivity contribution in [2.75, 3.05) is 26.5 Å². The fourth-order valence-corrected chi connectivity index (χ4v) is 2.77. The van der Waals surface area contributed by atoms with Crippen molar-refractivity contribution in [1.82, 2.24) is 4.90 Å². The maximum Gasteiger partial charge on any atom is 0.239 e. The van der Waals surface area contributed by atoms with Crippen LogP contribution in [-0.2, 0) is 14.6 Å². The van der Waals surface area contributed by atoms with Gasteiger partial charge in [-0.25, -0.2) is 8.42 Å². The first kappa shape index (κ1) is 20.4. The number of rotatable bonds is 9. The quantitative estimate of drug-likeness (QED) is 0.680. The van der Waals surface area contributed by atoms with E-state index >= 15 is 0 Å². The zero-order chi connectivity index (χ0) is 18.3. The van der Waals surface area contributed by atoms with Crippen LogP contribution in [0.1, 0.15) is 26.7 Å².